The lowest BCUT2D eigenvalue weighted by atomic mass is 10.3. The van der Waals surface area contributed by atoms with Gasteiger partial charge in [0.15, 0.2) is 6.20 Å². The van der Waals surface area contributed by atoms with Gasteiger partial charge < -0.3 is 15.6 Å². The number of nitrogens with one attached hydrogen (secondary N) is 1. The maximum Gasteiger partial charge on any atom is 0.227 e. The SMILES string of the molecule is NC1=C[NH+](c2ccc(Cl)cc2)[N-]O1. The van der Waals surface area contributed by atoms with Crippen LogP contribution in [0.2, 0.25) is 5.02 Å². The van der Waals surface area contributed by atoms with Crippen LogP contribution in [0.1, 0.15) is 0 Å². The van der Waals surface area contributed by atoms with Gasteiger partial charge in [-0.1, -0.05) is 11.6 Å². The quantitative estimate of drug-likeness (QED) is 0.701. The van der Waals surface area contributed by atoms with Crippen molar-refractivity contribution in [2.45, 2.75) is 0 Å². The van der Waals surface area contributed by atoms with Crippen molar-refractivity contribution in [2.24, 2.45) is 5.73 Å². The first kappa shape index (κ1) is 8.37. The molecule has 0 fully saturated rings. The van der Waals surface area contributed by atoms with Crippen LogP contribution in [0.15, 0.2) is 36.3 Å². The van der Waals surface area contributed by atoms with Crippen molar-refractivity contribution < 1.29 is 9.85 Å². The molecule has 1 heterocycles. The van der Waals surface area contributed by atoms with E-state index in [9.17, 15) is 0 Å². The van der Waals surface area contributed by atoms with Crippen LogP contribution in [0.25, 0.3) is 5.59 Å². The molecule has 0 aliphatic carbocycles. The highest BCUT2D eigenvalue weighted by molar-refractivity contribution is 6.30. The summed E-state index contributed by atoms with van der Waals surface area (Å²) in [7, 11) is 0. The molecule has 0 saturated heterocycles. The molecule has 68 valence electrons. The third-order valence-corrected chi connectivity index (χ3v) is 1.92. The Balaban J connectivity index is 2.22. The van der Waals surface area contributed by atoms with Gasteiger partial charge >= 0.3 is 0 Å². The Morgan fingerprint density at radius 2 is 2.00 bits per heavy atom. The van der Waals surface area contributed by atoms with Crippen molar-refractivity contribution in [3.05, 3.63) is 47.0 Å². The maximum atomic E-state index is 5.74. The van der Waals surface area contributed by atoms with Crippen molar-refractivity contribution in [1.82, 2.24) is 0 Å². The number of nitrogens with two attached hydrogens (primary N) is 1. The normalized spacial score (nSPS) is 21.0. The van der Waals surface area contributed by atoms with Gasteiger partial charge in [0.25, 0.3) is 0 Å². The average Bonchev–Trinajstić information content (AvgIpc) is 2.53. The highest BCUT2D eigenvalue weighted by Gasteiger charge is 2.09. The number of quaternary nitrogens is 1. The molecule has 1 atom stereocenters. The Morgan fingerprint density at radius 3 is 2.54 bits per heavy atom. The Bertz CT molecular complexity index is 336. The molecular weight excluding hydrogens is 190 g/mol. The molecule has 0 saturated carbocycles. The number of rotatable bonds is 1. The zero-order chi connectivity index (χ0) is 9.26. The smallest absolute Gasteiger partial charge is 0.227 e. The molecule has 1 unspecified atom stereocenters. The number of benzene rings is 1. The number of halogens is 1. The summed E-state index contributed by atoms with van der Waals surface area (Å²) in [4.78, 5) is 4.74. The molecule has 13 heavy (non-hydrogen) atoms. The molecule has 0 aromatic heterocycles. The van der Waals surface area contributed by atoms with E-state index >= 15 is 0 Å². The van der Waals surface area contributed by atoms with Gasteiger partial charge in [0.2, 0.25) is 5.88 Å². The first-order valence-corrected chi connectivity index (χ1v) is 4.11. The molecule has 1 aliphatic heterocycles. The van der Waals surface area contributed by atoms with Crippen LogP contribution < -0.4 is 10.7 Å². The third kappa shape index (κ3) is 1.75. The summed E-state index contributed by atoms with van der Waals surface area (Å²) in [5, 5.41) is 1.41. The minimum absolute atomic E-state index is 0.310. The van der Waals surface area contributed by atoms with Crippen molar-refractivity contribution >= 4 is 17.3 Å². The Kier molecular flexibility index (Phi) is 2.10. The van der Waals surface area contributed by atoms with E-state index in [0.717, 1.165) is 5.69 Å². The predicted octanol–water partition coefficient (Wildman–Crippen LogP) is 0.848. The summed E-state index contributed by atoms with van der Waals surface area (Å²) in [6, 6.07) is 7.31. The topological polar surface area (TPSA) is 53.8 Å². The highest BCUT2D eigenvalue weighted by atomic mass is 35.5. The first-order valence-electron chi connectivity index (χ1n) is 3.74. The van der Waals surface area contributed by atoms with E-state index in [0.29, 0.717) is 15.9 Å². The minimum atomic E-state index is 0.310. The van der Waals surface area contributed by atoms with Gasteiger partial charge in [0, 0.05) is 17.2 Å². The van der Waals surface area contributed by atoms with E-state index in [1.54, 1.807) is 18.3 Å². The van der Waals surface area contributed by atoms with E-state index in [1.807, 2.05) is 12.1 Å². The standard InChI is InChI=1S/C8H8ClN3O/c9-6-1-3-7(4-2-6)12-5-8(10)13-11-12/h1-5,12H,10H2. The summed E-state index contributed by atoms with van der Waals surface area (Å²) in [5.74, 6) is 0.310. The van der Waals surface area contributed by atoms with E-state index < -0.39 is 0 Å². The van der Waals surface area contributed by atoms with E-state index in [4.69, 9.17) is 22.2 Å². The largest absolute Gasteiger partial charge is 0.522 e. The van der Waals surface area contributed by atoms with E-state index in [1.165, 1.54) is 0 Å². The molecule has 1 aliphatic rings. The van der Waals surface area contributed by atoms with Gasteiger partial charge in [-0.3, -0.25) is 5.59 Å². The van der Waals surface area contributed by atoms with Crippen LogP contribution in [0.5, 0.6) is 0 Å². The second kappa shape index (κ2) is 3.26. The van der Waals surface area contributed by atoms with Crippen LogP contribution in [0.3, 0.4) is 0 Å². The molecule has 5 heteroatoms. The zero-order valence-corrected chi connectivity index (χ0v) is 7.45. The van der Waals surface area contributed by atoms with E-state index in [2.05, 4.69) is 5.59 Å². The Hall–Kier alpha value is -1.23. The monoisotopic (exact) mass is 197 g/mol. The van der Waals surface area contributed by atoms with Crippen LogP contribution >= 0.6 is 11.6 Å². The molecule has 4 nitrogen and oxygen atoms in total. The fourth-order valence-electron chi connectivity index (χ4n) is 1.05. The average molecular weight is 198 g/mol. The highest BCUT2D eigenvalue weighted by Crippen LogP contribution is 2.12. The summed E-state index contributed by atoms with van der Waals surface area (Å²) in [6.07, 6.45) is 1.67. The first-order chi connectivity index (χ1) is 6.25. The van der Waals surface area contributed by atoms with Gasteiger partial charge in [-0.25, -0.2) is 0 Å². The minimum Gasteiger partial charge on any atom is -0.522 e. The van der Waals surface area contributed by atoms with Gasteiger partial charge in [-0.2, -0.15) is 0 Å². The van der Waals surface area contributed by atoms with E-state index in [-0.39, 0.29) is 0 Å². The molecule has 2 rings (SSSR count). The van der Waals surface area contributed by atoms with Crippen molar-refractivity contribution in [1.29, 1.82) is 0 Å². The van der Waals surface area contributed by atoms with Crippen molar-refractivity contribution in [3.63, 3.8) is 0 Å². The molecule has 0 amide bonds. The Labute approximate surface area is 80.5 Å². The Morgan fingerprint density at radius 1 is 1.31 bits per heavy atom. The summed E-state index contributed by atoms with van der Waals surface area (Å²) in [5.41, 5.74) is 10.1. The maximum absolute atomic E-state index is 5.74. The second-order valence-corrected chi connectivity index (χ2v) is 3.06. The van der Waals surface area contributed by atoms with Gasteiger partial charge in [0.1, 0.15) is 5.69 Å². The zero-order valence-electron chi connectivity index (χ0n) is 6.70. The van der Waals surface area contributed by atoms with Crippen LogP contribution in [-0.2, 0) is 4.84 Å². The lowest BCUT2D eigenvalue weighted by Gasteiger charge is -2.18. The number of hydrogen-bond acceptors (Lipinski definition) is 2. The molecule has 1 aromatic carbocycles. The predicted molar refractivity (Wildman–Crippen MR) is 48.8 cm³/mol. The molecule has 3 N–H and O–H groups in total. The lowest BCUT2D eigenvalue weighted by Crippen LogP contribution is -2.96. The van der Waals surface area contributed by atoms with Gasteiger partial charge in [0.05, 0.1) is 0 Å². The molecule has 1 aromatic rings. The molecule has 0 radical (unpaired) electrons. The van der Waals surface area contributed by atoms with Gasteiger partial charge in [-0.05, 0) is 12.1 Å². The van der Waals surface area contributed by atoms with Crippen molar-refractivity contribution in [3.8, 4) is 0 Å². The fraction of sp³-hybridized carbons (Fsp3) is 0. The number of hydrogen-bond donors (Lipinski definition) is 2. The van der Waals surface area contributed by atoms with Crippen LogP contribution in [0.4, 0.5) is 5.69 Å². The summed E-state index contributed by atoms with van der Waals surface area (Å²) in [6.45, 7) is 0. The summed E-state index contributed by atoms with van der Waals surface area (Å²) < 4.78 is 0. The van der Waals surface area contributed by atoms with Crippen molar-refractivity contribution in [2.75, 3.05) is 0 Å². The molecular formula is C8H8ClN3O. The number of nitrogens with zero attached hydrogens (tertiary/aromatic N) is 1. The molecule has 0 bridgehead atoms. The fourth-order valence-corrected chi connectivity index (χ4v) is 1.17. The lowest BCUT2D eigenvalue weighted by molar-refractivity contribution is -0.740. The molecule has 0 spiro atoms. The van der Waals surface area contributed by atoms with Gasteiger partial charge in [-0.15, -0.1) is 0 Å². The van der Waals surface area contributed by atoms with Crippen LogP contribution in [-0.4, -0.2) is 0 Å². The third-order valence-electron chi connectivity index (χ3n) is 1.67. The van der Waals surface area contributed by atoms with Crippen LogP contribution in [0, 0.1) is 0 Å². The summed E-state index contributed by atoms with van der Waals surface area (Å²) >= 11 is 5.74. The second-order valence-electron chi connectivity index (χ2n) is 2.62.